The Labute approximate surface area is 172 Å². The van der Waals surface area contributed by atoms with Gasteiger partial charge in [0.25, 0.3) is 5.91 Å². The molecule has 0 radical (unpaired) electrons. The maximum Gasteiger partial charge on any atom is 0.251 e. The van der Waals surface area contributed by atoms with E-state index in [1.54, 1.807) is 35.6 Å². The Balaban J connectivity index is 1.71. The van der Waals surface area contributed by atoms with Crippen LogP contribution in [0, 0.1) is 20.8 Å². The molecular weight excluding hydrogens is 392 g/mol. The van der Waals surface area contributed by atoms with E-state index < -0.39 is 0 Å². The Bertz CT molecular complexity index is 1050. The Morgan fingerprint density at radius 3 is 2.71 bits per heavy atom. The van der Waals surface area contributed by atoms with E-state index in [0.29, 0.717) is 23.6 Å². The van der Waals surface area contributed by atoms with E-state index in [9.17, 15) is 9.59 Å². The van der Waals surface area contributed by atoms with Gasteiger partial charge < -0.3 is 10.6 Å². The van der Waals surface area contributed by atoms with Gasteiger partial charge in [0, 0.05) is 28.1 Å². The quantitative estimate of drug-likeness (QED) is 0.469. The molecule has 0 fully saturated rings. The standard InChI is InChI=1S/C20H22N4O2S2/c1-5-21-18(26)14-7-6-8-15(9-14)24-16(25)10-27-19-17-11(2)12(3)28-20(17)23-13(4)22-19/h6-9H,5,10H2,1-4H3,(H,21,26)(H,24,25). The molecule has 0 saturated heterocycles. The van der Waals surface area contributed by atoms with Crippen LogP contribution in [0.15, 0.2) is 29.3 Å². The molecule has 0 spiro atoms. The largest absolute Gasteiger partial charge is 0.352 e. The van der Waals surface area contributed by atoms with E-state index in [0.717, 1.165) is 20.8 Å². The summed E-state index contributed by atoms with van der Waals surface area (Å²) in [5.41, 5.74) is 2.28. The molecule has 2 amide bonds. The fraction of sp³-hybridized carbons (Fsp3) is 0.300. The van der Waals surface area contributed by atoms with Crippen LogP contribution in [0.25, 0.3) is 10.2 Å². The fourth-order valence-corrected chi connectivity index (χ4v) is 4.82. The van der Waals surface area contributed by atoms with E-state index in [-0.39, 0.29) is 17.6 Å². The number of thiophene rings is 1. The molecule has 0 aliphatic rings. The van der Waals surface area contributed by atoms with Gasteiger partial charge in [0.05, 0.1) is 5.75 Å². The van der Waals surface area contributed by atoms with E-state index >= 15 is 0 Å². The minimum atomic E-state index is -0.157. The van der Waals surface area contributed by atoms with Crippen LogP contribution < -0.4 is 10.6 Å². The molecule has 0 unspecified atom stereocenters. The average Bonchev–Trinajstić information content (AvgIpc) is 2.94. The third kappa shape index (κ3) is 4.51. The lowest BCUT2D eigenvalue weighted by Crippen LogP contribution is -2.23. The zero-order valence-corrected chi connectivity index (χ0v) is 17.9. The molecule has 0 saturated carbocycles. The molecular formula is C20H22N4O2S2. The van der Waals surface area contributed by atoms with Crippen molar-refractivity contribution in [3.05, 3.63) is 46.1 Å². The zero-order chi connectivity index (χ0) is 20.3. The number of amides is 2. The second kappa shape index (κ2) is 8.70. The highest BCUT2D eigenvalue weighted by molar-refractivity contribution is 8.00. The Kier molecular flexibility index (Phi) is 6.31. The van der Waals surface area contributed by atoms with Crippen molar-refractivity contribution in [1.29, 1.82) is 0 Å². The highest BCUT2D eigenvalue weighted by Crippen LogP contribution is 2.35. The van der Waals surface area contributed by atoms with Gasteiger partial charge in [0.1, 0.15) is 15.7 Å². The van der Waals surface area contributed by atoms with Gasteiger partial charge in [-0.2, -0.15) is 0 Å². The second-order valence-corrected chi connectivity index (χ2v) is 8.48. The van der Waals surface area contributed by atoms with Crippen LogP contribution in [-0.2, 0) is 4.79 Å². The molecule has 2 N–H and O–H groups in total. The number of carbonyl (C=O) groups is 2. The van der Waals surface area contributed by atoms with Gasteiger partial charge in [-0.3, -0.25) is 9.59 Å². The van der Waals surface area contributed by atoms with Gasteiger partial charge >= 0.3 is 0 Å². The molecule has 28 heavy (non-hydrogen) atoms. The van der Waals surface area contributed by atoms with Crippen molar-refractivity contribution in [2.24, 2.45) is 0 Å². The normalized spacial score (nSPS) is 10.9. The number of benzene rings is 1. The van der Waals surface area contributed by atoms with Gasteiger partial charge in [-0.15, -0.1) is 11.3 Å². The Hall–Kier alpha value is -2.45. The SMILES string of the molecule is CCNC(=O)c1cccc(NC(=O)CSc2nc(C)nc3sc(C)c(C)c23)c1. The molecule has 6 nitrogen and oxygen atoms in total. The number of nitrogens with zero attached hydrogens (tertiary/aromatic N) is 2. The number of hydrogen-bond donors (Lipinski definition) is 2. The van der Waals surface area contributed by atoms with Crippen LogP contribution in [0.5, 0.6) is 0 Å². The summed E-state index contributed by atoms with van der Waals surface area (Å²) >= 11 is 3.05. The molecule has 0 atom stereocenters. The van der Waals surface area contributed by atoms with Crippen molar-refractivity contribution in [2.75, 3.05) is 17.6 Å². The lowest BCUT2D eigenvalue weighted by Gasteiger charge is -2.08. The number of aromatic nitrogens is 2. The summed E-state index contributed by atoms with van der Waals surface area (Å²) in [6, 6.07) is 6.91. The monoisotopic (exact) mass is 414 g/mol. The summed E-state index contributed by atoms with van der Waals surface area (Å²) in [7, 11) is 0. The molecule has 1 aromatic carbocycles. The third-order valence-corrected chi connectivity index (χ3v) is 6.27. The van der Waals surface area contributed by atoms with Crippen molar-refractivity contribution in [3.63, 3.8) is 0 Å². The molecule has 0 aliphatic heterocycles. The fourth-order valence-electron chi connectivity index (χ4n) is 2.75. The lowest BCUT2D eigenvalue weighted by atomic mass is 10.2. The number of nitrogens with one attached hydrogen (secondary N) is 2. The number of anilines is 1. The van der Waals surface area contributed by atoms with E-state index in [1.165, 1.54) is 16.6 Å². The van der Waals surface area contributed by atoms with E-state index in [2.05, 4.69) is 34.4 Å². The van der Waals surface area contributed by atoms with Crippen molar-refractivity contribution in [2.45, 2.75) is 32.7 Å². The van der Waals surface area contributed by atoms with Crippen LogP contribution in [0.2, 0.25) is 0 Å². The zero-order valence-electron chi connectivity index (χ0n) is 16.3. The molecule has 8 heteroatoms. The molecule has 2 heterocycles. The van der Waals surface area contributed by atoms with Gasteiger partial charge in [0.2, 0.25) is 5.91 Å². The molecule has 3 aromatic rings. The summed E-state index contributed by atoms with van der Waals surface area (Å²) in [5, 5.41) is 7.46. The molecule has 3 rings (SSSR count). The molecule has 2 aromatic heterocycles. The summed E-state index contributed by atoms with van der Waals surface area (Å²) in [5.74, 6) is 0.624. The molecule has 0 aliphatic carbocycles. The first-order chi connectivity index (χ1) is 13.4. The number of rotatable bonds is 6. The van der Waals surface area contributed by atoms with Gasteiger partial charge in [-0.25, -0.2) is 9.97 Å². The smallest absolute Gasteiger partial charge is 0.251 e. The van der Waals surface area contributed by atoms with Crippen molar-refractivity contribution >= 4 is 50.8 Å². The summed E-state index contributed by atoms with van der Waals surface area (Å²) in [4.78, 5) is 35.6. The summed E-state index contributed by atoms with van der Waals surface area (Å²) < 4.78 is 0. The summed E-state index contributed by atoms with van der Waals surface area (Å²) in [6.45, 7) is 8.41. The van der Waals surface area contributed by atoms with Crippen molar-refractivity contribution in [3.8, 4) is 0 Å². The Morgan fingerprint density at radius 1 is 1.18 bits per heavy atom. The van der Waals surface area contributed by atoms with E-state index in [1.807, 2.05) is 13.8 Å². The van der Waals surface area contributed by atoms with E-state index in [4.69, 9.17) is 0 Å². The number of fused-ring (bicyclic) bond motifs is 1. The van der Waals surface area contributed by atoms with Crippen LogP contribution in [0.4, 0.5) is 5.69 Å². The number of carbonyl (C=O) groups excluding carboxylic acids is 2. The number of thioether (sulfide) groups is 1. The van der Waals surface area contributed by atoms with Crippen LogP contribution in [-0.4, -0.2) is 34.1 Å². The highest BCUT2D eigenvalue weighted by Gasteiger charge is 2.15. The second-order valence-electron chi connectivity index (χ2n) is 6.32. The van der Waals surface area contributed by atoms with Crippen LogP contribution in [0.3, 0.4) is 0 Å². The minimum Gasteiger partial charge on any atom is -0.352 e. The first kappa shape index (κ1) is 20.3. The summed E-state index contributed by atoms with van der Waals surface area (Å²) in [6.07, 6.45) is 0. The minimum absolute atomic E-state index is 0.146. The Morgan fingerprint density at radius 2 is 1.96 bits per heavy atom. The maximum atomic E-state index is 12.4. The van der Waals surface area contributed by atoms with Crippen molar-refractivity contribution in [1.82, 2.24) is 15.3 Å². The average molecular weight is 415 g/mol. The maximum absolute atomic E-state index is 12.4. The lowest BCUT2D eigenvalue weighted by molar-refractivity contribution is -0.113. The molecule has 146 valence electrons. The topological polar surface area (TPSA) is 84.0 Å². The van der Waals surface area contributed by atoms with Gasteiger partial charge in [0.15, 0.2) is 0 Å². The first-order valence-corrected chi connectivity index (χ1v) is 10.7. The molecule has 0 bridgehead atoms. The predicted molar refractivity (Wildman–Crippen MR) is 115 cm³/mol. The third-order valence-electron chi connectivity index (χ3n) is 4.19. The predicted octanol–water partition coefficient (Wildman–Crippen LogP) is 4.10. The first-order valence-electron chi connectivity index (χ1n) is 8.94. The van der Waals surface area contributed by atoms with Crippen LogP contribution in [0.1, 0.15) is 33.5 Å². The van der Waals surface area contributed by atoms with Gasteiger partial charge in [-0.1, -0.05) is 17.8 Å². The van der Waals surface area contributed by atoms with Gasteiger partial charge in [-0.05, 0) is 51.5 Å². The number of aryl methyl sites for hydroxylation is 3. The van der Waals surface area contributed by atoms with Crippen LogP contribution >= 0.6 is 23.1 Å². The number of hydrogen-bond acceptors (Lipinski definition) is 6. The highest BCUT2D eigenvalue weighted by atomic mass is 32.2. The van der Waals surface area contributed by atoms with Crippen molar-refractivity contribution < 1.29 is 9.59 Å².